The molecule has 2 aromatic heterocycles. The van der Waals surface area contributed by atoms with Gasteiger partial charge < -0.3 is 15.2 Å². The average molecular weight is 302 g/mol. The van der Waals surface area contributed by atoms with E-state index in [1.54, 1.807) is 19.5 Å². The van der Waals surface area contributed by atoms with Gasteiger partial charge in [0.25, 0.3) is 0 Å². The van der Waals surface area contributed by atoms with Crippen LogP contribution in [0.3, 0.4) is 0 Å². The Labute approximate surface area is 130 Å². The Hall–Kier alpha value is -2.05. The van der Waals surface area contributed by atoms with E-state index in [4.69, 9.17) is 4.74 Å². The molecule has 6 nitrogen and oxygen atoms in total. The van der Waals surface area contributed by atoms with Crippen LogP contribution in [0.2, 0.25) is 0 Å². The number of pyridine rings is 1. The van der Waals surface area contributed by atoms with Crippen molar-refractivity contribution in [3.05, 3.63) is 35.8 Å². The second-order valence-electron chi connectivity index (χ2n) is 5.17. The fourth-order valence-corrected chi connectivity index (χ4v) is 2.06. The van der Waals surface area contributed by atoms with Crippen LogP contribution in [0.1, 0.15) is 17.7 Å². The highest BCUT2D eigenvalue weighted by Gasteiger charge is 2.10. The van der Waals surface area contributed by atoms with Crippen LogP contribution in [0.15, 0.2) is 24.5 Å². The van der Waals surface area contributed by atoms with Crippen LogP contribution in [0.4, 0.5) is 5.82 Å². The molecule has 22 heavy (non-hydrogen) atoms. The van der Waals surface area contributed by atoms with Gasteiger partial charge in [-0.25, -0.2) is 9.97 Å². The first-order chi connectivity index (χ1) is 10.6. The monoisotopic (exact) mass is 302 g/mol. The minimum Gasteiger partial charge on any atom is -0.391 e. The van der Waals surface area contributed by atoms with Crippen molar-refractivity contribution >= 4 is 5.82 Å². The summed E-state index contributed by atoms with van der Waals surface area (Å²) in [5.41, 5.74) is 2.82. The van der Waals surface area contributed by atoms with E-state index in [1.807, 2.05) is 26.0 Å². The van der Waals surface area contributed by atoms with Crippen molar-refractivity contribution in [3.8, 4) is 11.4 Å². The molecule has 2 aromatic rings. The third-order valence-corrected chi connectivity index (χ3v) is 3.44. The summed E-state index contributed by atoms with van der Waals surface area (Å²) >= 11 is 0. The van der Waals surface area contributed by atoms with E-state index in [2.05, 4.69) is 20.3 Å². The Balaban J connectivity index is 2.12. The number of methoxy groups -OCH3 is 1. The first-order valence-corrected chi connectivity index (χ1v) is 7.28. The van der Waals surface area contributed by atoms with Crippen LogP contribution in [-0.2, 0) is 4.74 Å². The molecule has 1 unspecified atom stereocenters. The normalized spacial score (nSPS) is 12.2. The molecule has 118 valence electrons. The van der Waals surface area contributed by atoms with Gasteiger partial charge in [0, 0.05) is 42.9 Å². The number of hydrogen-bond donors (Lipinski definition) is 2. The lowest BCUT2D eigenvalue weighted by atomic mass is 10.2. The van der Waals surface area contributed by atoms with Crippen LogP contribution in [0.25, 0.3) is 11.4 Å². The topological polar surface area (TPSA) is 80.2 Å². The van der Waals surface area contributed by atoms with E-state index in [1.165, 1.54) is 0 Å². The van der Waals surface area contributed by atoms with E-state index in [0.29, 0.717) is 25.4 Å². The van der Waals surface area contributed by atoms with Gasteiger partial charge in [-0.1, -0.05) is 0 Å². The number of rotatable bonds is 7. The van der Waals surface area contributed by atoms with Crippen molar-refractivity contribution in [3.63, 3.8) is 0 Å². The van der Waals surface area contributed by atoms with E-state index in [9.17, 15) is 5.11 Å². The summed E-state index contributed by atoms with van der Waals surface area (Å²) in [6.07, 6.45) is 3.59. The Kier molecular flexibility index (Phi) is 5.80. The molecule has 0 aliphatic rings. The van der Waals surface area contributed by atoms with Gasteiger partial charge in [0.1, 0.15) is 5.82 Å². The molecule has 0 spiro atoms. The predicted molar refractivity (Wildman–Crippen MR) is 85.7 cm³/mol. The third kappa shape index (κ3) is 4.22. The van der Waals surface area contributed by atoms with Crippen LogP contribution in [0, 0.1) is 13.8 Å². The van der Waals surface area contributed by atoms with Crippen LogP contribution >= 0.6 is 0 Å². The first-order valence-electron chi connectivity index (χ1n) is 7.28. The summed E-state index contributed by atoms with van der Waals surface area (Å²) in [4.78, 5) is 13.2. The Morgan fingerprint density at radius 2 is 2.14 bits per heavy atom. The molecular weight excluding hydrogens is 280 g/mol. The highest BCUT2D eigenvalue weighted by molar-refractivity contribution is 5.58. The van der Waals surface area contributed by atoms with Crippen molar-refractivity contribution in [2.45, 2.75) is 26.4 Å². The van der Waals surface area contributed by atoms with E-state index >= 15 is 0 Å². The minimum atomic E-state index is -0.474. The van der Waals surface area contributed by atoms with Gasteiger partial charge in [-0.3, -0.25) is 4.98 Å². The van der Waals surface area contributed by atoms with Gasteiger partial charge >= 0.3 is 0 Å². The van der Waals surface area contributed by atoms with E-state index < -0.39 is 6.10 Å². The number of aromatic nitrogens is 3. The van der Waals surface area contributed by atoms with E-state index in [0.717, 1.165) is 22.6 Å². The molecule has 0 amide bonds. The van der Waals surface area contributed by atoms with Gasteiger partial charge in [-0.05, 0) is 32.4 Å². The molecular formula is C16H22N4O2. The predicted octanol–water partition coefficient (Wildman–Crippen LogP) is 1.96. The Morgan fingerprint density at radius 3 is 2.82 bits per heavy atom. The van der Waals surface area contributed by atoms with Gasteiger partial charge in [0.15, 0.2) is 5.82 Å². The van der Waals surface area contributed by atoms with Crippen LogP contribution < -0.4 is 5.32 Å². The zero-order valence-electron chi connectivity index (χ0n) is 13.2. The fourth-order valence-electron chi connectivity index (χ4n) is 2.06. The lowest BCUT2D eigenvalue weighted by Crippen LogP contribution is -2.19. The van der Waals surface area contributed by atoms with E-state index in [-0.39, 0.29) is 0 Å². The molecule has 1 atom stereocenters. The van der Waals surface area contributed by atoms with Gasteiger partial charge in [0.2, 0.25) is 0 Å². The minimum absolute atomic E-state index is 0.338. The maximum Gasteiger partial charge on any atom is 0.163 e. The number of nitrogens with zero attached hydrogens (tertiary/aromatic N) is 3. The number of aliphatic hydroxyl groups is 1. The largest absolute Gasteiger partial charge is 0.391 e. The van der Waals surface area contributed by atoms with Crippen molar-refractivity contribution in [1.82, 2.24) is 15.0 Å². The quantitative estimate of drug-likeness (QED) is 0.814. The van der Waals surface area contributed by atoms with Gasteiger partial charge in [0.05, 0.1) is 12.7 Å². The lowest BCUT2D eigenvalue weighted by molar-refractivity contribution is 0.0615. The third-order valence-electron chi connectivity index (χ3n) is 3.44. The summed E-state index contributed by atoms with van der Waals surface area (Å²) in [6.45, 7) is 4.90. The van der Waals surface area contributed by atoms with Crippen molar-refractivity contribution in [2.75, 3.05) is 25.6 Å². The molecule has 0 aliphatic carbocycles. The SMILES string of the molecule is COCC(O)CCNc1nc(-c2cccnc2)nc(C)c1C. The highest BCUT2D eigenvalue weighted by atomic mass is 16.5. The molecule has 0 bridgehead atoms. The number of anilines is 1. The zero-order valence-corrected chi connectivity index (χ0v) is 13.2. The molecule has 0 saturated heterocycles. The highest BCUT2D eigenvalue weighted by Crippen LogP contribution is 2.20. The maximum absolute atomic E-state index is 9.68. The maximum atomic E-state index is 9.68. The molecule has 0 radical (unpaired) electrons. The number of aliphatic hydroxyl groups excluding tert-OH is 1. The number of nitrogens with one attached hydrogen (secondary N) is 1. The van der Waals surface area contributed by atoms with Crippen molar-refractivity contribution < 1.29 is 9.84 Å². The Bertz CT molecular complexity index is 605. The molecule has 6 heteroatoms. The number of ether oxygens (including phenoxy) is 1. The molecule has 2 heterocycles. The van der Waals surface area contributed by atoms with Gasteiger partial charge in [-0.2, -0.15) is 0 Å². The number of hydrogen-bond acceptors (Lipinski definition) is 6. The molecule has 0 aromatic carbocycles. The van der Waals surface area contributed by atoms with Crippen molar-refractivity contribution in [2.24, 2.45) is 0 Å². The average Bonchev–Trinajstić information content (AvgIpc) is 2.52. The second-order valence-corrected chi connectivity index (χ2v) is 5.17. The molecule has 2 N–H and O–H groups in total. The summed E-state index contributed by atoms with van der Waals surface area (Å²) in [5.74, 6) is 1.44. The molecule has 0 fully saturated rings. The summed E-state index contributed by atoms with van der Waals surface area (Å²) in [6, 6.07) is 3.80. The molecule has 2 rings (SSSR count). The van der Waals surface area contributed by atoms with Crippen LogP contribution in [0.5, 0.6) is 0 Å². The number of aryl methyl sites for hydroxylation is 1. The van der Waals surface area contributed by atoms with Crippen LogP contribution in [-0.4, -0.2) is 46.4 Å². The fraction of sp³-hybridized carbons (Fsp3) is 0.438. The van der Waals surface area contributed by atoms with Crippen molar-refractivity contribution in [1.29, 1.82) is 0 Å². The Morgan fingerprint density at radius 1 is 1.32 bits per heavy atom. The lowest BCUT2D eigenvalue weighted by Gasteiger charge is -2.14. The summed E-state index contributed by atoms with van der Waals surface area (Å²) in [7, 11) is 1.58. The molecule has 0 saturated carbocycles. The zero-order chi connectivity index (χ0) is 15.9. The summed E-state index contributed by atoms with van der Waals surface area (Å²) < 4.78 is 4.92. The smallest absolute Gasteiger partial charge is 0.163 e. The first kappa shape index (κ1) is 16.3. The molecule has 0 aliphatic heterocycles. The van der Waals surface area contributed by atoms with Gasteiger partial charge in [-0.15, -0.1) is 0 Å². The standard InChI is InChI=1S/C16H22N4O2/c1-11-12(2)19-16(13-5-4-7-17-9-13)20-15(11)18-8-6-14(21)10-22-3/h4-5,7,9,14,21H,6,8,10H2,1-3H3,(H,18,19,20). The second kappa shape index (κ2) is 7.82. The summed E-state index contributed by atoms with van der Waals surface area (Å²) in [5, 5.41) is 12.9.